The van der Waals surface area contributed by atoms with Crippen LogP contribution in [0, 0.1) is 0 Å². The number of nitrogens with one attached hydrogen (secondary N) is 1. The molecule has 1 aliphatic heterocycles. The van der Waals surface area contributed by atoms with Gasteiger partial charge in [0.05, 0.1) is 24.1 Å². The van der Waals surface area contributed by atoms with E-state index >= 15 is 0 Å². The molecule has 4 rings (SSSR count). The van der Waals surface area contributed by atoms with Gasteiger partial charge in [0.25, 0.3) is 0 Å². The van der Waals surface area contributed by atoms with E-state index in [0.29, 0.717) is 6.54 Å². The fourth-order valence-electron chi connectivity index (χ4n) is 2.93. The number of para-hydroxylation sites is 3. The van der Waals surface area contributed by atoms with E-state index in [1.807, 2.05) is 47.2 Å². The zero-order valence-electron chi connectivity index (χ0n) is 14.6. The predicted octanol–water partition coefficient (Wildman–Crippen LogP) is 5.44. The summed E-state index contributed by atoms with van der Waals surface area (Å²) in [5.74, 6) is 0.797. The van der Waals surface area contributed by atoms with Crippen LogP contribution < -0.4 is 10.1 Å². The molecule has 130 valence electrons. The number of thiazole rings is 1. The fourth-order valence-corrected chi connectivity index (χ4v) is 3.67. The first-order valence-corrected chi connectivity index (χ1v) is 9.22. The minimum Gasteiger partial charge on any atom is -0.495 e. The number of hydrogen-bond donors (Lipinski definition) is 1. The fraction of sp³-hybridized carbons (Fsp3) is 0.150. The zero-order valence-corrected chi connectivity index (χ0v) is 15.5. The Bertz CT molecular complexity index is 992. The number of anilines is 2. The topological polar surface area (TPSA) is 49.5 Å². The highest BCUT2D eigenvalue weighted by Crippen LogP contribution is 2.33. The van der Waals surface area contributed by atoms with E-state index in [4.69, 9.17) is 9.72 Å². The SMILES string of the molecule is COc1ccccc1Nc1nc(C2=C(C)[N+](c3ccccc3)=NC2)cs1. The molecule has 0 spiro atoms. The van der Waals surface area contributed by atoms with E-state index in [1.54, 1.807) is 18.4 Å². The van der Waals surface area contributed by atoms with E-state index in [0.717, 1.165) is 39.2 Å². The molecule has 0 unspecified atom stereocenters. The average molecular weight is 363 g/mol. The molecule has 6 heteroatoms. The third kappa shape index (κ3) is 3.11. The van der Waals surface area contributed by atoms with Gasteiger partial charge in [-0.05, 0) is 17.2 Å². The van der Waals surface area contributed by atoms with E-state index in [-0.39, 0.29) is 0 Å². The van der Waals surface area contributed by atoms with Gasteiger partial charge in [-0.15, -0.1) is 11.3 Å². The van der Waals surface area contributed by atoms with Crippen LogP contribution in [-0.2, 0) is 0 Å². The summed E-state index contributed by atoms with van der Waals surface area (Å²) in [6.45, 7) is 2.73. The van der Waals surface area contributed by atoms with Crippen molar-refractivity contribution >= 4 is 33.4 Å². The summed E-state index contributed by atoms with van der Waals surface area (Å²) < 4.78 is 7.38. The van der Waals surface area contributed by atoms with Crippen LogP contribution in [0.25, 0.3) is 5.57 Å². The Labute approximate surface area is 156 Å². The molecular weight excluding hydrogens is 344 g/mol. The van der Waals surface area contributed by atoms with E-state index < -0.39 is 0 Å². The predicted molar refractivity (Wildman–Crippen MR) is 105 cm³/mol. The molecule has 0 saturated heterocycles. The molecule has 2 heterocycles. The summed E-state index contributed by atoms with van der Waals surface area (Å²) in [4.78, 5) is 4.75. The molecule has 3 aromatic rings. The Balaban J connectivity index is 1.58. The smallest absolute Gasteiger partial charge is 0.237 e. The molecule has 0 saturated carbocycles. The Morgan fingerprint density at radius 3 is 2.65 bits per heavy atom. The highest BCUT2D eigenvalue weighted by atomic mass is 32.1. The highest BCUT2D eigenvalue weighted by Gasteiger charge is 2.28. The number of aromatic nitrogens is 1. The first-order chi connectivity index (χ1) is 12.8. The van der Waals surface area contributed by atoms with Crippen molar-refractivity contribution < 1.29 is 9.43 Å². The first-order valence-electron chi connectivity index (χ1n) is 8.34. The largest absolute Gasteiger partial charge is 0.495 e. The van der Waals surface area contributed by atoms with Gasteiger partial charge in [-0.25, -0.2) is 4.98 Å². The number of allylic oxidation sites excluding steroid dienone is 1. The average Bonchev–Trinajstić information content (AvgIpc) is 3.29. The van der Waals surface area contributed by atoms with Gasteiger partial charge in [0.2, 0.25) is 11.4 Å². The van der Waals surface area contributed by atoms with Gasteiger partial charge < -0.3 is 10.1 Å². The van der Waals surface area contributed by atoms with Crippen molar-refractivity contribution in [3.05, 3.63) is 71.4 Å². The van der Waals surface area contributed by atoms with Crippen LogP contribution in [-0.4, -0.2) is 23.3 Å². The second-order valence-corrected chi connectivity index (χ2v) is 6.73. The van der Waals surface area contributed by atoms with Crippen molar-refractivity contribution in [3.8, 4) is 5.75 Å². The number of ether oxygens (including phenoxy) is 1. The Morgan fingerprint density at radius 1 is 1.08 bits per heavy atom. The molecule has 26 heavy (non-hydrogen) atoms. The molecule has 0 radical (unpaired) electrons. The van der Waals surface area contributed by atoms with Crippen molar-refractivity contribution in [2.45, 2.75) is 6.92 Å². The second kappa shape index (κ2) is 7.09. The normalized spacial score (nSPS) is 13.7. The third-order valence-corrected chi connectivity index (χ3v) is 5.05. The Hall–Kier alpha value is -2.99. The second-order valence-electron chi connectivity index (χ2n) is 5.87. The lowest BCUT2D eigenvalue weighted by molar-refractivity contribution is -0.453. The van der Waals surface area contributed by atoms with Gasteiger partial charge in [-0.2, -0.15) is 0 Å². The molecule has 5 nitrogen and oxygen atoms in total. The molecule has 0 fully saturated rings. The molecule has 1 aliphatic rings. The van der Waals surface area contributed by atoms with Crippen molar-refractivity contribution in [1.82, 2.24) is 4.98 Å². The van der Waals surface area contributed by atoms with Crippen molar-refractivity contribution in [2.24, 2.45) is 5.11 Å². The molecule has 2 aromatic carbocycles. The number of azo groups is 2. The number of hydrogen-bond acceptors (Lipinski definition) is 5. The minimum absolute atomic E-state index is 0.637. The van der Waals surface area contributed by atoms with Crippen LogP contribution in [0.5, 0.6) is 5.75 Å². The number of benzene rings is 2. The van der Waals surface area contributed by atoms with Gasteiger partial charge in [-0.1, -0.05) is 35.0 Å². The Morgan fingerprint density at radius 2 is 1.85 bits per heavy atom. The van der Waals surface area contributed by atoms with Gasteiger partial charge >= 0.3 is 0 Å². The molecule has 1 aromatic heterocycles. The number of nitrogens with zero attached hydrogens (tertiary/aromatic N) is 3. The van der Waals surface area contributed by atoms with Crippen molar-refractivity contribution in [1.29, 1.82) is 0 Å². The van der Waals surface area contributed by atoms with Gasteiger partial charge in [0, 0.05) is 24.4 Å². The Kier molecular flexibility index (Phi) is 4.50. The van der Waals surface area contributed by atoms with E-state index in [2.05, 4.69) is 34.9 Å². The maximum absolute atomic E-state index is 5.39. The van der Waals surface area contributed by atoms with Crippen LogP contribution in [0.3, 0.4) is 0 Å². The highest BCUT2D eigenvalue weighted by molar-refractivity contribution is 7.13. The first kappa shape index (κ1) is 16.5. The zero-order chi connectivity index (χ0) is 17.9. The third-order valence-electron chi connectivity index (χ3n) is 4.29. The van der Waals surface area contributed by atoms with Crippen LogP contribution in [0.4, 0.5) is 16.5 Å². The van der Waals surface area contributed by atoms with Gasteiger partial charge in [0.1, 0.15) is 12.3 Å². The molecule has 0 bridgehead atoms. The number of methoxy groups -OCH3 is 1. The maximum Gasteiger partial charge on any atom is 0.237 e. The van der Waals surface area contributed by atoms with E-state index in [9.17, 15) is 0 Å². The van der Waals surface area contributed by atoms with Crippen LogP contribution in [0.15, 0.2) is 70.8 Å². The van der Waals surface area contributed by atoms with Crippen LogP contribution in [0.2, 0.25) is 0 Å². The summed E-state index contributed by atoms with van der Waals surface area (Å²) >= 11 is 1.58. The number of rotatable bonds is 5. The monoisotopic (exact) mass is 363 g/mol. The van der Waals surface area contributed by atoms with Crippen LogP contribution in [0.1, 0.15) is 12.6 Å². The van der Waals surface area contributed by atoms with Crippen molar-refractivity contribution in [3.63, 3.8) is 0 Å². The minimum atomic E-state index is 0.637. The lowest BCUT2D eigenvalue weighted by Gasteiger charge is -2.07. The summed E-state index contributed by atoms with van der Waals surface area (Å²) in [6, 6.07) is 18.0. The van der Waals surface area contributed by atoms with Crippen LogP contribution >= 0.6 is 11.3 Å². The molecule has 1 N–H and O–H groups in total. The molecule has 0 amide bonds. The molecule has 0 atom stereocenters. The lowest BCUT2D eigenvalue weighted by atomic mass is 10.1. The summed E-state index contributed by atoms with van der Waals surface area (Å²) in [7, 11) is 1.67. The van der Waals surface area contributed by atoms with Crippen molar-refractivity contribution in [2.75, 3.05) is 19.0 Å². The molecular formula is C20H19N4OS+. The summed E-state index contributed by atoms with van der Waals surface area (Å²) in [5, 5.41) is 10.9. The quantitative estimate of drug-likeness (QED) is 0.614. The maximum atomic E-state index is 5.39. The molecule has 0 aliphatic carbocycles. The van der Waals surface area contributed by atoms with Gasteiger partial charge in [0.15, 0.2) is 5.13 Å². The summed E-state index contributed by atoms with van der Waals surface area (Å²) in [5.41, 5.74) is 5.21. The summed E-state index contributed by atoms with van der Waals surface area (Å²) in [6.07, 6.45) is 0. The lowest BCUT2D eigenvalue weighted by Crippen LogP contribution is -1.97. The standard InChI is InChI=1S/C20H19N4OS/c1-14-16(12-21-24(14)15-8-4-3-5-9-15)18-13-26-20(23-18)22-17-10-6-7-11-19(17)25-2/h3-11,13H,12H2,1-2H3,(H,22,23)/q+1. The van der Waals surface area contributed by atoms with Gasteiger partial charge in [-0.3, -0.25) is 0 Å². The van der Waals surface area contributed by atoms with E-state index in [1.165, 1.54) is 0 Å².